The number of β-amino-alcohol motifs (C(OH)–C–C–N with tert-alkyl or cyclic N) is 1. The predicted octanol–water partition coefficient (Wildman–Crippen LogP) is 0.303. The Morgan fingerprint density at radius 2 is 1.48 bits per heavy atom. The Labute approximate surface area is 171 Å². The van der Waals surface area contributed by atoms with Crippen molar-refractivity contribution in [3.05, 3.63) is 35.9 Å². The second-order valence-corrected chi connectivity index (χ2v) is 6.71. The number of carboxylic acids is 2. The molecule has 0 aliphatic carbocycles. The van der Waals surface area contributed by atoms with Crippen LogP contribution in [-0.4, -0.2) is 106 Å². The summed E-state index contributed by atoms with van der Waals surface area (Å²) in [6, 6.07) is 9.44. The molecule has 0 saturated carbocycles. The van der Waals surface area contributed by atoms with Gasteiger partial charge in [0.25, 0.3) is 5.91 Å². The lowest BCUT2D eigenvalue weighted by Crippen LogP contribution is -2.51. The van der Waals surface area contributed by atoms with Crippen molar-refractivity contribution in [3.63, 3.8) is 0 Å². The molecule has 0 spiro atoms. The van der Waals surface area contributed by atoms with Crippen LogP contribution in [0.15, 0.2) is 30.3 Å². The van der Waals surface area contributed by atoms with Gasteiger partial charge < -0.3 is 25.1 Å². The zero-order chi connectivity index (χ0) is 21.8. The minimum absolute atomic E-state index is 0.105. The van der Waals surface area contributed by atoms with Gasteiger partial charge in [-0.25, -0.2) is 9.59 Å². The summed E-state index contributed by atoms with van der Waals surface area (Å²) >= 11 is 0. The zero-order valence-electron chi connectivity index (χ0n) is 17.0. The van der Waals surface area contributed by atoms with E-state index in [1.54, 1.807) is 0 Å². The molecule has 1 aliphatic heterocycles. The van der Waals surface area contributed by atoms with Crippen LogP contribution >= 0.6 is 0 Å². The molecule has 1 fully saturated rings. The van der Waals surface area contributed by atoms with Crippen molar-refractivity contribution >= 4 is 17.8 Å². The van der Waals surface area contributed by atoms with Gasteiger partial charge in [0.15, 0.2) is 0 Å². The van der Waals surface area contributed by atoms with Gasteiger partial charge in [0.05, 0.1) is 6.10 Å². The summed E-state index contributed by atoms with van der Waals surface area (Å²) in [5.74, 6) is -3.54. The van der Waals surface area contributed by atoms with Crippen molar-refractivity contribution < 1.29 is 29.7 Å². The monoisotopic (exact) mass is 409 g/mol. The predicted molar refractivity (Wildman–Crippen MR) is 108 cm³/mol. The van der Waals surface area contributed by atoms with E-state index in [4.69, 9.17) is 19.8 Å². The molecule has 9 heteroatoms. The molecule has 0 bridgehead atoms. The molecule has 0 aromatic heterocycles. The van der Waals surface area contributed by atoms with Crippen molar-refractivity contribution in [1.29, 1.82) is 0 Å². The second kappa shape index (κ2) is 12.9. The van der Waals surface area contributed by atoms with E-state index >= 15 is 0 Å². The van der Waals surface area contributed by atoms with Gasteiger partial charge in [0.2, 0.25) is 0 Å². The molecule has 1 saturated heterocycles. The summed E-state index contributed by atoms with van der Waals surface area (Å²) in [5, 5.41) is 25.0. The van der Waals surface area contributed by atoms with E-state index in [2.05, 4.69) is 23.6 Å². The van der Waals surface area contributed by atoms with Gasteiger partial charge in [-0.05, 0) is 25.2 Å². The Kier molecular flexibility index (Phi) is 10.9. The fraction of sp³-hybridized carbons (Fsp3) is 0.550. The van der Waals surface area contributed by atoms with Crippen molar-refractivity contribution in [2.75, 3.05) is 52.4 Å². The zero-order valence-corrected chi connectivity index (χ0v) is 17.0. The average Bonchev–Trinajstić information content (AvgIpc) is 2.73. The van der Waals surface area contributed by atoms with Crippen molar-refractivity contribution in [2.45, 2.75) is 20.0 Å². The fourth-order valence-corrected chi connectivity index (χ4v) is 3.03. The highest BCUT2D eigenvalue weighted by atomic mass is 16.4. The summed E-state index contributed by atoms with van der Waals surface area (Å²) < 4.78 is 0. The number of carbonyl (C=O) groups is 3. The Hall–Kier alpha value is -2.49. The first-order valence-electron chi connectivity index (χ1n) is 9.71. The SMILES string of the molecule is CCN(CC)CC(O)CN1CCN(C(=O)c2ccccc2)CC1.O=C(O)C(=O)O. The largest absolute Gasteiger partial charge is 0.473 e. The Balaban J connectivity index is 0.000000612. The maximum absolute atomic E-state index is 12.4. The number of amides is 1. The van der Waals surface area contributed by atoms with Crippen molar-refractivity contribution in [2.24, 2.45) is 0 Å². The van der Waals surface area contributed by atoms with Gasteiger partial charge in [-0.3, -0.25) is 9.69 Å². The second-order valence-electron chi connectivity index (χ2n) is 6.71. The number of aliphatic hydroxyl groups is 1. The maximum atomic E-state index is 12.4. The number of hydrogen-bond donors (Lipinski definition) is 3. The molecule has 1 aromatic rings. The molecule has 1 amide bonds. The third-order valence-electron chi connectivity index (χ3n) is 4.70. The van der Waals surface area contributed by atoms with Crippen LogP contribution in [-0.2, 0) is 9.59 Å². The number of rotatable bonds is 7. The Morgan fingerprint density at radius 3 is 1.93 bits per heavy atom. The minimum atomic E-state index is -1.82. The molecule has 1 unspecified atom stereocenters. The number of hydrogen-bond acceptors (Lipinski definition) is 6. The fourth-order valence-electron chi connectivity index (χ4n) is 3.03. The molecule has 1 heterocycles. The highest BCUT2D eigenvalue weighted by Crippen LogP contribution is 2.09. The van der Waals surface area contributed by atoms with E-state index in [1.807, 2.05) is 35.2 Å². The molecule has 1 aromatic carbocycles. The van der Waals surface area contributed by atoms with Gasteiger partial charge in [0.1, 0.15) is 0 Å². The summed E-state index contributed by atoms with van der Waals surface area (Å²) in [6.45, 7) is 10.7. The van der Waals surface area contributed by atoms with Crippen LogP contribution in [0.3, 0.4) is 0 Å². The summed E-state index contributed by atoms with van der Waals surface area (Å²) in [5.41, 5.74) is 0.752. The summed E-state index contributed by atoms with van der Waals surface area (Å²) in [6.07, 6.45) is -0.328. The lowest BCUT2D eigenvalue weighted by atomic mass is 10.2. The first-order chi connectivity index (χ1) is 13.8. The third-order valence-corrected chi connectivity index (χ3v) is 4.70. The highest BCUT2D eigenvalue weighted by Gasteiger charge is 2.23. The molecule has 29 heavy (non-hydrogen) atoms. The molecule has 1 atom stereocenters. The van der Waals surface area contributed by atoms with Crippen LogP contribution in [0.5, 0.6) is 0 Å². The maximum Gasteiger partial charge on any atom is 0.414 e. The van der Waals surface area contributed by atoms with Crippen molar-refractivity contribution in [1.82, 2.24) is 14.7 Å². The molecule has 0 radical (unpaired) electrons. The van der Waals surface area contributed by atoms with Gasteiger partial charge >= 0.3 is 11.9 Å². The minimum Gasteiger partial charge on any atom is -0.473 e. The Morgan fingerprint density at radius 1 is 0.966 bits per heavy atom. The molecule has 2 rings (SSSR count). The van der Waals surface area contributed by atoms with Gasteiger partial charge in [-0.2, -0.15) is 0 Å². The van der Waals surface area contributed by atoms with Gasteiger partial charge in [-0.15, -0.1) is 0 Å². The molecule has 3 N–H and O–H groups in total. The number of nitrogens with zero attached hydrogens (tertiary/aromatic N) is 3. The number of likely N-dealkylation sites (N-methyl/N-ethyl adjacent to an activating group) is 1. The van der Waals surface area contributed by atoms with E-state index in [0.29, 0.717) is 6.54 Å². The molecule has 1 aliphatic rings. The van der Waals surface area contributed by atoms with E-state index in [-0.39, 0.29) is 12.0 Å². The highest BCUT2D eigenvalue weighted by molar-refractivity contribution is 6.27. The standard InChI is InChI=1S/C18H29N3O2.C2H2O4/c1-3-19(4-2)14-17(22)15-20-10-12-21(13-11-20)18(23)16-8-6-5-7-9-16;3-1(4)2(5)6/h5-9,17,22H,3-4,10-15H2,1-2H3;(H,3,4)(H,5,6). The van der Waals surface area contributed by atoms with Crippen LogP contribution in [0.2, 0.25) is 0 Å². The Bertz CT molecular complexity index is 631. The molecular formula is C20H31N3O6. The average molecular weight is 409 g/mol. The number of carboxylic acid groups (broad SMARTS) is 2. The number of aliphatic carboxylic acids is 2. The molecule has 9 nitrogen and oxygen atoms in total. The van der Waals surface area contributed by atoms with E-state index in [1.165, 1.54) is 0 Å². The van der Waals surface area contributed by atoms with Crippen molar-refractivity contribution in [3.8, 4) is 0 Å². The number of benzene rings is 1. The number of aliphatic hydroxyl groups excluding tert-OH is 1. The van der Waals surface area contributed by atoms with Gasteiger partial charge in [-0.1, -0.05) is 32.0 Å². The molecule has 162 valence electrons. The summed E-state index contributed by atoms with van der Waals surface area (Å²) in [4.78, 5) is 37.0. The normalized spacial score (nSPS) is 15.4. The van der Waals surface area contributed by atoms with E-state index in [0.717, 1.165) is 51.4 Å². The van der Waals surface area contributed by atoms with E-state index < -0.39 is 11.9 Å². The third kappa shape index (κ3) is 9.03. The van der Waals surface area contributed by atoms with Crippen LogP contribution in [0.4, 0.5) is 0 Å². The first kappa shape index (κ1) is 24.5. The quantitative estimate of drug-likeness (QED) is 0.550. The summed E-state index contributed by atoms with van der Waals surface area (Å²) in [7, 11) is 0. The number of piperazine rings is 1. The van der Waals surface area contributed by atoms with Crippen LogP contribution in [0, 0.1) is 0 Å². The lowest BCUT2D eigenvalue weighted by molar-refractivity contribution is -0.159. The molecular weight excluding hydrogens is 378 g/mol. The van der Waals surface area contributed by atoms with Crippen LogP contribution < -0.4 is 0 Å². The van der Waals surface area contributed by atoms with E-state index in [9.17, 15) is 9.90 Å². The van der Waals surface area contributed by atoms with Crippen LogP contribution in [0.25, 0.3) is 0 Å². The topological polar surface area (TPSA) is 122 Å². The van der Waals surface area contributed by atoms with Gasteiger partial charge in [0, 0.05) is 44.8 Å². The number of carbonyl (C=O) groups excluding carboxylic acids is 1. The smallest absolute Gasteiger partial charge is 0.414 e. The van der Waals surface area contributed by atoms with Crippen LogP contribution in [0.1, 0.15) is 24.2 Å². The lowest BCUT2D eigenvalue weighted by Gasteiger charge is -2.36. The first-order valence-corrected chi connectivity index (χ1v) is 9.71.